The molecule has 0 amide bonds. The number of nitrogens with zero attached hydrogens (tertiary/aromatic N) is 2. The van der Waals surface area contributed by atoms with E-state index >= 15 is 0 Å². The Morgan fingerprint density at radius 1 is 1.50 bits per heavy atom. The fourth-order valence-electron chi connectivity index (χ4n) is 2.95. The van der Waals surface area contributed by atoms with E-state index in [0.29, 0.717) is 12.1 Å². The molecule has 18 heavy (non-hydrogen) atoms. The largest absolute Gasteiger partial charge is 0.374 e. The topological polar surface area (TPSA) is 51.4 Å². The van der Waals surface area contributed by atoms with Crippen molar-refractivity contribution in [3.05, 3.63) is 11.1 Å². The van der Waals surface area contributed by atoms with E-state index in [1.807, 2.05) is 6.92 Å². The highest BCUT2D eigenvalue weighted by Gasteiger charge is 2.35. The third-order valence-electron chi connectivity index (χ3n) is 3.95. The summed E-state index contributed by atoms with van der Waals surface area (Å²) in [7, 11) is 0. The molecule has 2 fully saturated rings. The van der Waals surface area contributed by atoms with Crippen LogP contribution in [0.5, 0.6) is 0 Å². The average molecular weight is 267 g/mol. The van der Waals surface area contributed by atoms with Gasteiger partial charge in [-0.1, -0.05) is 12.8 Å². The zero-order valence-corrected chi connectivity index (χ0v) is 11.7. The molecule has 4 nitrogen and oxygen atoms in total. The van der Waals surface area contributed by atoms with Gasteiger partial charge in [0, 0.05) is 18.0 Å². The van der Waals surface area contributed by atoms with E-state index in [1.165, 1.54) is 25.7 Å². The molecule has 3 unspecified atom stereocenters. The predicted octanol–water partition coefficient (Wildman–Crippen LogP) is 2.31. The van der Waals surface area contributed by atoms with Crippen LogP contribution in [0, 0.1) is 0 Å². The Kier molecular flexibility index (Phi) is 3.54. The summed E-state index contributed by atoms with van der Waals surface area (Å²) in [6.45, 7) is 3.78. The second-order valence-corrected chi connectivity index (χ2v) is 6.13. The maximum absolute atomic E-state index is 5.90. The molecule has 1 aromatic rings. The highest BCUT2D eigenvalue weighted by atomic mass is 32.1. The molecule has 2 aliphatic rings. The van der Waals surface area contributed by atoms with Gasteiger partial charge >= 0.3 is 0 Å². The lowest BCUT2D eigenvalue weighted by Gasteiger charge is -2.43. The van der Waals surface area contributed by atoms with Crippen LogP contribution in [0.25, 0.3) is 0 Å². The van der Waals surface area contributed by atoms with Crippen LogP contribution >= 0.6 is 11.3 Å². The summed E-state index contributed by atoms with van der Waals surface area (Å²) in [5.74, 6) is 0. The number of fused-ring (bicyclic) bond motifs is 1. The van der Waals surface area contributed by atoms with E-state index in [1.54, 1.807) is 11.3 Å². The number of nitrogens with two attached hydrogens (primary N) is 1. The molecule has 1 saturated heterocycles. The maximum atomic E-state index is 5.90. The molecule has 1 aromatic heterocycles. The van der Waals surface area contributed by atoms with Gasteiger partial charge in [-0.15, -0.1) is 11.3 Å². The van der Waals surface area contributed by atoms with Gasteiger partial charge in [0.05, 0.1) is 24.4 Å². The average Bonchev–Trinajstić information content (AvgIpc) is 2.87. The first-order chi connectivity index (χ1) is 8.75. The fourth-order valence-corrected chi connectivity index (χ4v) is 3.96. The summed E-state index contributed by atoms with van der Waals surface area (Å²) in [5.41, 5.74) is 6.90. The first-order valence-corrected chi connectivity index (χ1v) is 7.73. The van der Waals surface area contributed by atoms with Crippen molar-refractivity contribution >= 4 is 16.5 Å². The number of hydrogen-bond donors (Lipinski definition) is 1. The van der Waals surface area contributed by atoms with Crippen molar-refractivity contribution in [1.82, 2.24) is 4.98 Å². The second-order valence-electron chi connectivity index (χ2n) is 5.30. The molecule has 2 heterocycles. The zero-order valence-electron chi connectivity index (χ0n) is 10.8. The first kappa shape index (κ1) is 12.4. The minimum absolute atomic E-state index is 0.0261. The molecule has 0 spiro atoms. The molecule has 1 saturated carbocycles. The monoisotopic (exact) mass is 267 g/mol. The smallest absolute Gasteiger partial charge is 0.185 e. The highest BCUT2D eigenvalue weighted by molar-refractivity contribution is 7.13. The van der Waals surface area contributed by atoms with Crippen LogP contribution in [-0.2, 0) is 4.74 Å². The molecule has 1 aliphatic carbocycles. The molecule has 0 bridgehead atoms. The van der Waals surface area contributed by atoms with Gasteiger partial charge in [0.2, 0.25) is 0 Å². The lowest BCUT2D eigenvalue weighted by molar-refractivity contribution is -0.00870. The fraction of sp³-hybridized carbons (Fsp3) is 0.769. The quantitative estimate of drug-likeness (QED) is 0.893. The number of anilines is 1. The molecule has 1 aliphatic heterocycles. The zero-order chi connectivity index (χ0) is 12.5. The summed E-state index contributed by atoms with van der Waals surface area (Å²) >= 11 is 1.72. The Morgan fingerprint density at radius 3 is 3.11 bits per heavy atom. The lowest BCUT2D eigenvalue weighted by Crippen LogP contribution is -2.52. The Balaban J connectivity index is 1.80. The van der Waals surface area contributed by atoms with Crippen molar-refractivity contribution in [3.8, 4) is 0 Å². The normalized spacial score (nSPS) is 30.0. The van der Waals surface area contributed by atoms with Crippen LogP contribution in [0.15, 0.2) is 5.38 Å². The van der Waals surface area contributed by atoms with Crippen LogP contribution in [0.3, 0.4) is 0 Å². The van der Waals surface area contributed by atoms with Crippen LogP contribution < -0.4 is 10.6 Å². The molecule has 0 radical (unpaired) electrons. The van der Waals surface area contributed by atoms with Gasteiger partial charge in [-0.3, -0.25) is 0 Å². The third kappa shape index (κ3) is 2.27. The van der Waals surface area contributed by atoms with Crippen LogP contribution in [0.1, 0.15) is 44.3 Å². The van der Waals surface area contributed by atoms with Gasteiger partial charge in [-0.25, -0.2) is 4.98 Å². The van der Waals surface area contributed by atoms with Crippen molar-refractivity contribution < 1.29 is 4.74 Å². The molecular formula is C13H21N3OS. The Bertz CT molecular complexity index is 405. The van der Waals surface area contributed by atoms with E-state index in [4.69, 9.17) is 10.5 Å². The number of thiazole rings is 1. The van der Waals surface area contributed by atoms with E-state index in [9.17, 15) is 0 Å². The maximum Gasteiger partial charge on any atom is 0.185 e. The minimum Gasteiger partial charge on any atom is -0.374 e. The number of rotatable bonds is 2. The van der Waals surface area contributed by atoms with Crippen molar-refractivity contribution in [2.75, 3.05) is 18.1 Å². The summed E-state index contributed by atoms with van der Waals surface area (Å²) in [5, 5.41) is 3.22. The van der Waals surface area contributed by atoms with Crippen LogP contribution in [0.2, 0.25) is 0 Å². The number of hydrogen-bond acceptors (Lipinski definition) is 5. The summed E-state index contributed by atoms with van der Waals surface area (Å²) in [4.78, 5) is 7.14. The van der Waals surface area contributed by atoms with E-state index < -0.39 is 0 Å². The SMILES string of the molecule is CC(N)c1csc(N2CCOC3CCCCC32)n1. The molecule has 2 N–H and O–H groups in total. The van der Waals surface area contributed by atoms with E-state index in [-0.39, 0.29) is 6.04 Å². The highest BCUT2D eigenvalue weighted by Crippen LogP contribution is 2.33. The molecular weight excluding hydrogens is 246 g/mol. The Labute approximate surface area is 112 Å². The van der Waals surface area contributed by atoms with Crippen molar-refractivity contribution in [1.29, 1.82) is 0 Å². The van der Waals surface area contributed by atoms with Crippen LogP contribution in [0.4, 0.5) is 5.13 Å². The number of morpholine rings is 1. The molecule has 3 atom stereocenters. The van der Waals surface area contributed by atoms with Crippen molar-refractivity contribution in [2.45, 2.75) is 50.8 Å². The van der Waals surface area contributed by atoms with Crippen molar-refractivity contribution in [2.24, 2.45) is 5.73 Å². The molecule has 3 rings (SSSR count). The lowest BCUT2D eigenvalue weighted by atomic mass is 9.90. The number of aromatic nitrogens is 1. The van der Waals surface area contributed by atoms with E-state index in [2.05, 4.69) is 15.3 Å². The Hall–Kier alpha value is -0.650. The van der Waals surface area contributed by atoms with Crippen molar-refractivity contribution in [3.63, 3.8) is 0 Å². The molecule has 0 aromatic carbocycles. The van der Waals surface area contributed by atoms with Gasteiger partial charge in [0.15, 0.2) is 5.13 Å². The van der Waals surface area contributed by atoms with E-state index in [0.717, 1.165) is 24.0 Å². The Morgan fingerprint density at radius 2 is 2.33 bits per heavy atom. The summed E-state index contributed by atoms with van der Waals surface area (Å²) in [6.07, 6.45) is 5.46. The summed E-state index contributed by atoms with van der Waals surface area (Å²) in [6, 6.07) is 0.553. The number of ether oxygens (including phenoxy) is 1. The molecule has 100 valence electrons. The van der Waals surface area contributed by atoms with Gasteiger partial charge in [0.1, 0.15) is 0 Å². The minimum atomic E-state index is 0.0261. The third-order valence-corrected chi connectivity index (χ3v) is 4.85. The van der Waals surface area contributed by atoms with Gasteiger partial charge < -0.3 is 15.4 Å². The standard InChI is InChI=1S/C13H21N3OS/c1-9(14)10-8-18-13(15-10)16-6-7-17-12-5-3-2-4-11(12)16/h8-9,11-12H,2-7,14H2,1H3. The van der Waals surface area contributed by atoms with Gasteiger partial charge in [-0.05, 0) is 19.8 Å². The summed E-state index contributed by atoms with van der Waals surface area (Å²) < 4.78 is 5.90. The van der Waals surface area contributed by atoms with Gasteiger partial charge in [-0.2, -0.15) is 0 Å². The van der Waals surface area contributed by atoms with Gasteiger partial charge in [0.25, 0.3) is 0 Å². The second kappa shape index (κ2) is 5.15. The molecule has 5 heteroatoms. The van der Waals surface area contributed by atoms with Crippen LogP contribution in [-0.4, -0.2) is 30.3 Å². The predicted molar refractivity (Wildman–Crippen MR) is 74.1 cm³/mol. The first-order valence-electron chi connectivity index (χ1n) is 6.85.